The quantitative estimate of drug-likeness (QED) is 0.547. The first-order valence-electron chi connectivity index (χ1n) is 11.5. The summed E-state index contributed by atoms with van der Waals surface area (Å²) in [6, 6.07) is 11.3. The van der Waals surface area contributed by atoms with Gasteiger partial charge in [-0.15, -0.1) is 0 Å². The molecule has 0 saturated carbocycles. The van der Waals surface area contributed by atoms with Gasteiger partial charge in [-0.1, -0.05) is 13.0 Å². The van der Waals surface area contributed by atoms with Crippen molar-refractivity contribution in [1.29, 1.82) is 0 Å². The Bertz CT molecular complexity index is 1030. The standard InChI is InChI=1S/C25H31FN6O/c1-4-31-11-13-32(14-12-31)17-19-5-10-23(27-15-19)29-25-22(26)16-28-24(30-25)20-6-8-21(9-7-20)33-18(2)3/h5-10,15-16,18H,4,11-14,17H2,1-3H3,(H,27,28,29,30). The molecule has 0 aliphatic carbocycles. The molecule has 0 amide bonds. The number of likely N-dealkylation sites (N-methyl/N-ethyl adjacent to an activating group) is 1. The van der Waals surface area contributed by atoms with Crippen LogP contribution in [0.2, 0.25) is 0 Å². The molecular weight excluding hydrogens is 419 g/mol. The number of anilines is 2. The largest absolute Gasteiger partial charge is 0.491 e. The molecule has 174 valence electrons. The Morgan fingerprint density at radius 2 is 1.70 bits per heavy atom. The van der Waals surface area contributed by atoms with Gasteiger partial charge in [-0.2, -0.15) is 0 Å². The number of aromatic nitrogens is 3. The Balaban J connectivity index is 1.40. The van der Waals surface area contributed by atoms with Crippen LogP contribution in [-0.4, -0.2) is 63.6 Å². The highest BCUT2D eigenvalue weighted by atomic mass is 19.1. The maximum Gasteiger partial charge on any atom is 0.184 e. The molecule has 0 unspecified atom stereocenters. The molecule has 1 aromatic carbocycles. The average molecular weight is 451 g/mol. The highest BCUT2D eigenvalue weighted by Crippen LogP contribution is 2.23. The van der Waals surface area contributed by atoms with Crippen LogP contribution in [0.4, 0.5) is 16.0 Å². The number of hydrogen-bond acceptors (Lipinski definition) is 7. The van der Waals surface area contributed by atoms with Gasteiger partial charge in [0.1, 0.15) is 11.6 Å². The molecule has 0 spiro atoms. The molecule has 0 bridgehead atoms. The van der Waals surface area contributed by atoms with E-state index in [0.29, 0.717) is 11.6 Å². The maximum atomic E-state index is 14.4. The molecule has 33 heavy (non-hydrogen) atoms. The van der Waals surface area contributed by atoms with Gasteiger partial charge in [0, 0.05) is 44.5 Å². The first-order valence-corrected chi connectivity index (χ1v) is 11.5. The summed E-state index contributed by atoms with van der Waals surface area (Å²) in [4.78, 5) is 17.9. The molecule has 0 atom stereocenters. The SMILES string of the molecule is CCN1CCN(Cc2ccc(Nc3nc(-c4ccc(OC(C)C)cc4)ncc3F)nc2)CC1. The minimum Gasteiger partial charge on any atom is -0.491 e. The van der Waals surface area contributed by atoms with Gasteiger partial charge in [-0.3, -0.25) is 4.90 Å². The van der Waals surface area contributed by atoms with Gasteiger partial charge in [0.05, 0.1) is 12.3 Å². The van der Waals surface area contributed by atoms with Crippen molar-refractivity contribution in [3.05, 3.63) is 60.2 Å². The van der Waals surface area contributed by atoms with Crippen LogP contribution in [0.5, 0.6) is 5.75 Å². The van der Waals surface area contributed by atoms with Gasteiger partial charge < -0.3 is 15.0 Å². The number of hydrogen-bond donors (Lipinski definition) is 1. The fraction of sp³-hybridized carbons (Fsp3) is 0.400. The van der Waals surface area contributed by atoms with Crippen LogP contribution in [-0.2, 0) is 6.54 Å². The highest BCUT2D eigenvalue weighted by molar-refractivity contribution is 5.60. The number of nitrogens with zero attached hydrogens (tertiary/aromatic N) is 5. The number of ether oxygens (including phenoxy) is 1. The Labute approximate surface area is 194 Å². The van der Waals surface area contributed by atoms with Crippen molar-refractivity contribution in [2.24, 2.45) is 0 Å². The van der Waals surface area contributed by atoms with Crippen molar-refractivity contribution in [2.45, 2.75) is 33.4 Å². The van der Waals surface area contributed by atoms with E-state index in [2.05, 4.69) is 37.0 Å². The summed E-state index contributed by atoms with van der Waals surface area (Å²) in [7, 11) is 0. The number of benzene rings is 1. The molecule has 8 heteroatoms. The lowest BCUT2D eigenvalue weighted by Crippen LogP contribution is -2.45. The number of halogens is 1. The molecule has 1 aliphatic heterocycles. The summed E-state index contributed by atoms with van der Waals surface area (Å²) in [5.41, 5.74) is 1.92. The van der Waals surface area contributed by atoms with Crippen molar-refractivity contribution >= 4 is 11.6 Å². The molecule has 3 heterocycles. The van der Waals surface area contributed by atoms with Gasteiger partial charge in [-0.05, 0) is 56.3 Å². The fourth-order valence-electron chi connectivity index (χ4n) is 3.78. The zero-order chi connectivity index (χ0) is 23.2. The van der Waals surface area contributed by atoms with E-state index >= 15 is 0 Å². The second kappa shape index (κ2) is 10.7. The molecular formula is C25H31FN6O. The average Bonchev–Trinajstić information content (AvgIpc) is 2.82. The van der Waals surface area contributed by atoms with Crippen molar-refractivity contribution in [3.8, 4) is 17.1 Å². The molecule has 4 rings (SSSR count). The maximum absolute atomic E-state index is 14.4. The Kier molecular flexibility index (Phi) is 7.47. The van der Waals surface area contributed by atoms with Crippen molar-refractivity contribution in [2.75, 3.05) is 38.0 Å². The summed E-state index contributed by atoms with van der Waals surface area (Å²) < 4.78 is 20.0. The second-order valence-corrected chi connectivity index (χ2v) is 8.47. The lowest BCUT2D eigenvalue weighted by Gasteiger charge is -2.33. The lowest BCUT2D eigenvalue weighted by atomic mass is 10.2. The van der Waals surface area contributed by atoms with Crippen LogP contribution in [0.1, 0.15) is 26.3 Å². The van der Waals surface area contributed by atoms with Crippen LogP contribution in [0.25, 0.3) is 11.4 Å². The van der Waals surface area contributed by atoms with E-state index in [0.717, 1.165) is 56.1 Å². The summed E-state index contributed by atoms with van der Waals surface area (Å²) in [5.74, 6) is 1.30. The summed E-state index contributed by atoms with van der Waals surface area (Å²) in [5, 5.41) is 2.98. The van der Waals surface area contributed by atoms with Crippen LogP contribution < -0.4 is 10.1 Å². The predicted octanol–water partition coefficient (Wildman–Crippen LogP) is 4.35. The van der Waals surface area contributed by atoms with E-state index in [1.54, 1.807) is 0 Å². The van der Waals surface area contributed by atoms with E-state index in [-0.39, 0.29) is 11.9 Å². The minimum absolute atomic E-state index is 0.0958. The van der Waals surface area contributed by atoms with Crippen LogP contribution in [0.3, 0.4) is 0 Å². The van der Waals surface area contributed by atoms with Gasteiger partial charge in [0.15, 0.2) is 17.5 Å². The third-order valence-corrected chi connectivity index (χ3v) is 5.62. The third kappa shape index (κ3) is 6.24. The van der Waals surface area contributed by atoms with E-state index < -0.39 is 5.82 Å². The van der Waals surface area contributed by atoms with Gasteiger partial charge in [0.2, 0.25) is 0 Å². The summed E-state index contributed by atoms with van der Waals surface area (Å²) in [6.07, 6.45) is 3.11. The summed E-state index contributed by atoms with van der Waals surface area (Å²) >= 11 is 0. The Hall–Kier alpha value is -3.10. The number of pyridine rings is 1. The van der Waals surface area contributed by atoms with E-state index in [4.69, 9.17) is 4.74 Å². The third-order valence-electron chi connectivity index (χ3n) is 5.62. The smallest absolute Gasteiger partial charge is 0.184 e. The Morgan fingerprint density at radius 1 is 0.970 bits per heavy atom. The fourth-order valence-corrected chi connectivity index (χ4v) is 3.78. The molecule has 7 nitrogen and oxygen atoms in total. The van der Waals surface area contributed by atoms with Crippen LogP contribution in [0.15, 0.2) is 48.8 Å². The van der Waals surface area contributed by atoms with Crippen LogP contribution in [0, 0.1) is 5.82 Å². The summed E-state index contributed by atoms with van der Waals surface area (Å²) in [6.45, 7) is 12.5. The molecule has 1 fully saturated rings. The van der Waals surface area contributed by atoms with Gasteiger partial charge in [-0.25, -0.2) is 19.3 Å². The number of piperazine rings is 1. The predicted molar refractivity (Wildman–Crippen MR) is 128 cm³/mol. The van der Waals surface area contributed by atoms with E-state index in [1.807, 2.05) is 56.4 Å². The van der Waals surface area contributed by atoms with Crippen molar-refractivity contribution < 1.29 is 9.13 Å². The first-order chi connectivity index (χ1) is 16.0. The minimum atomic E-state index is -0.529. The molecule has 3 aromatic rings. The zero-order valence-electron chi connectivity index (χ0n) is 19.5. The van der Waals surface area contributed by atoms with Gasteiger partial charge >= 0.3 is 0 Å². The van der Waals surface area contributed by atoms with Gasteiger partial charge in [0.25, 0.3) is 0 Å². The molecule has 1 saturated heterocycles. The highest BCUT2D eigenvalue weighted by Gasteiger charge is 2.16. The Morgan fingerprint density at radius 3 is 2.33 bits per heavy atom. The van der Waals surface area contributed by atoms with Crippen LogP contribution >= 0.6 is 0 Å². The lowest BCUT2D eigenvalue weighted by molar-refractivity contribution is 0.132. The monoisotopic (exact) mass is 450 g/mol. The topological polar surface area (TPSA) is 66.4 Å². The molecule has 1 N–H and O–H groups in total. The van der Waals surface area contributed by atoms with Crippen molar-refractivity contribution in [3.63, 3.8) is 0 Å². The molecule has 2 aromatic heterocycles. The first kappa shape index (κ1) is 23.1. The molecule has 1 aliphatic rings. The molecule has 0 radical (unpaired) electrons. The van der Waals surface area contributed by atoms with E-state index in [1.165, 1.54) is 6.20 Å². The normalized spacial score (nSPS) is 15.1. The van der Waals surface area contributed by atoms with E-state index in [9.17, 15) is 4.39 Å². The second-order valence-electron chi connectivity index (χ2n) is 8.47. The van der Waals surface area contributed by atoms with Crippen molar-refractivity contribution in [1.82, 2.24) is 24.8 Å². The zero-order valence-corrected chi connectivity index (χ0v) is 19.5. The number of rotatable bonds is 8. The number of nitrogens with one attached hydrogen (secondary N) is 1.